The van der Waals surface area contributed by atoms with Gasteiger partial charge in [0.1, 0.15) is 11.2 Å². The Morgan fingerprint density at radius 2 is 1.58 bits per heavy atom. The zero-order chi connectivity index (χ0) is 19.8. The first-order chi connectivity index (χ1) is 11.8. The molecule has 2 fully saturated rings. The van der Waals surface area contributed by atoms with Crippen molar-refractivity contribution in [2.45, 2.75) is 84.7 Å². The van der Waals surface area contributed by atoms with Crippen LogP contribution >= 0.6 is 0 Å². The van der Waals surface area contributed by atoms with Crippen molar-refractivity contribution in [2.75, 3.05) is 19.7 Å². The number of alkyl carbamates (subject to hydrolysis) is 1. The molecule has 2 aliphatic rings. The number of hydrogen-bond donors (Lipinski definition) is 1. The normalized spacial score (nSPS) is 25.9. The molecule has 0 aromatic rings. The highest BCUT2D eigenvalue weighted by Crippen LogP contribution is 2.42. The Morgan fingerprint density at radius 1 is 1.04 bits per heavy atom. The second kappa shape index (κ2) is 7.25. The maximum atomic E-state index is 12.3. The van der Waals surface area contributed by atoms with Crippen molar-refractivity contribution >= 4 is 12.2 Å². The van der Waals surface area contributed by atoms with E-state index in [0.717, 1.165) is 12.8 Å². The number of piperidine rings is 1. The summed E-state index contributed by atoms with van der Waals surface area (Å²) < 4.78 is 16.7. The van der Waals surface area contributed by atoms with Gasteiger partial charge in [-0.25, -0.2) is 9.59 Å². The molecule has 2 aliphatic heterocycles. The Kier molecular flexibility index (Phi) is 5.80. The van der Waals surface area contributed by atoms with Crippen LogP contribution in [0.2, 0.25) is 0 Å². The van der Waals surface area contributed by atoms with Gasteiger partial charge in [0.15, 0.2) is 0 Å². The van der Waals surface area contributed by atoms with Gasteiger partial charge in [-0.1, -0.05) is 0 Å². The van der Waals surface area contributed by atoms with E-state index in [-0.39, 0.29) is 23.7 Å². The van der Waals surface area contributed by atoms with Crippen LogP contribution in [0.25, 0.3) is 0 Å². The first-order valence-corrected chi connectivity index (χ1v) is 9.40. The SMILES string of the molecule is C[C@@H]1OCC2(CCN(C(=O)OC(C)(C)C)CC2)[C@@H]1NC(=O)OC(C)(C)C. The summed E-state index contributed by atoms with van der Waals surface area (Å²) >= 11 is 0. The third-order valence-electron chi connectivity index (χ3n) is 4.85. The highest BCUT2D eigenvalue weighted by Gasteiger charge is 2.51. The quantitative estimate of drug-likeness (QED) is 0.766. The molecule has 0 radical (unpaired) electrons. The number of amides is 2. The van der Waals surface area contributed by atoms with Gasteiger partial charge >= 0.3 is 12.2 Å². The monoisotopic (exact) mass is 370 g/mol. The molecule has 0 unspecified atom stereocenters. The molecule has 0 saturated carbocycles. The van der Waals surface area contributed by atoms with Crippen molar-refractivity contribution in [1.82, 2.24) is 10.2 Å². The Labute approximate surface area is 156 Å². The molecule has 2 rings (SSSR count). The molecule has 7 heteroatoms. The molecule has 2 atom stereocenters. The van der Waals surface area contributed by atoms with E-state index in [1.165, 1.54) is 0 Å². The molecular formula is C19H34N2O5. The largest absolute Gasteiger partial charge is 0.444 e. The third-order valence-corrected chi connectivity index (χ3v) is 4.85. The van der Waals surface area contributed by atoms with Crippen LogP contribution in [0.1, 0.15) is 61.3 Å². The number of likely N-dealkylation sites (tertiary alicyclic amines) is 1. The van der Waals surface area contributed by atoms with E-state index in [2.05, 4.69) is 5.32 Å². The molecule has 0 aromatic carbocycles. The molecule has 2 amide bonds. The minimum atomic E-state index is -0.542. The molecule has 1 N–H and O–H groups in total. The first-order valence-electron chi connectivity index (χ1n) is 9.40. The first kappa shape index (κ1) is 20.8. The summed E-state index contributed by atoms with van der Waals surface area (Å²) in [6.07, 6.45) is 0.731. The standard InChI is InChI=1S/C19H34N2O5/c1-13-14(20-15(22)25-17(2,3)4)19(12-24-13)8-10-21(11-9-19)16(23)26-18(5,6)7/h13-14H,8-12H2,1-7H3,(H,20,22)/t13-,14+/m0/s1. The number of ether oxygens (including phenoxy) is 3. The van der Waals surface area contributed by atoms with Crippen LogP contribution in [-0.2, 0) is 14.2 Å². The molecule has 0 aliphatic carbocycles. The average molecular weight is 370 g/mol. The zero-order valence-corrected chi connectivity index (χ0v) is 17.2. The Balaban J connectivity index is 1.98. The summed E-state index contributed by atoms with van der Waals surface area (Å²) in [5, 5.41) is 3.01. The summed E-state index contributed by atoms with van der Waals surface area (Å²) in [5.74, 6) is 0. The molecule has 0 aromatic heterocycles. The van der Waals surface area contributed by atoms with Crippen LogP contribution in [0.15, 0.2) is 0 Å². The Bertz CT molecular complexity index is 527. The van der Waals surface area contributed by atoms with Gasteiger partial charge in [-0.05, 0) is 61.3 Å². The van der Waals surface area contributed by atoms with Gasteiger partial charge in [0.25, 0.3) is 0 Å². The van der Waals surface area contributed by atoms with Crippen molar-refractivity contribution in [3.63, 3.8) is 0 Å². The van der Waals surface area contributed by atoms with Gasteiger partial charge < -0.3 is 24.4 Å². The van der Waals surface area contributed by atoms with Crippen LogP contribution in [0.5, 0.6) is 0 Å². The van der Waals surface area contributed by atoms with Crippen LogP contribution in [0, 0.1) is 5.41 Å². The Morgan fingerprint density at radius 3 is 2.08 bits per heavy atom. The van der Waals surface area contributed by atoms with Crippen molar-refractivity contribution in [2.24, 2.45) is 5.41 Å². The van der Waals surface area contributed by atoms with E-state index >= 15 is 0 Å². The van der Waals surface area contributed by atoms with E-state index in [4.69, 9.17) is 14.2 Å². The molecule has 0 bridgehead atoms. The minimum Gasteiger partial charge on any atom is -0.444 e. The summed E-state index contributed by atoms with van der Waals surface area (Å²) in [4.78, 5) is 26.3. The molecule has 26 heavy (non-hydrogen) atoms. The van der Waals surface area contributed by atoms with E-state index in [1.807, 2.05) is 48.5 Å². The number of carbonyl (C=O) groups is 2. The lowest BCUT2D eigenvalue weighted by molar-refractivity contribution is 0.00427. The maximum absolute atomic E-state index is 12.3. The molecule has 2 saturated heterocycles. The van der Waals surface area contributed by atoms with Crippen LogP contribution in [0.4, 0.5) is 9.59 Å². The zero-order valence-electron chi connectivity index (χ0n) is 17.2. The van der Waals surface area contributed by atoms with Gasteiger partial charge in [-0.2, -0.15) is 0 Å². The second-order valence-corrected chi connectivity index (χ2v) is 9.47. The molecule has 2 heterocycles. The van der Waals surface area contributed by atoms with Gasteiger partial charge in [-0.15, -0.1) is 0 Å². The fourth-order valence-electron chi connectivity index (χ4n) is 3.60. The molecule has 7 nitrogen and oxygen atoms in total. The van der Waals surface area contributed by atoms with Crippen LogP contribution in [0.3, 0.4) is 0 Å². The maximum Gasteiger partial charge on any atom is 0.410 e. The lowest BCUT2D eigenvalue weighted by atomic mass is 9.73. The molecular weight excluding hydrogens is 336 g/mol. The number of nitrogens with one attached hydrogen (secondary N) is 1. The highest BCUT2D eigenvalue weighted by molar-refractivity contribution is 5.69. The molecule has 1 spiro atoms. The summed E-state index contributed by atoms with van der Waals surface area (Å²) in [6, 6.07) is -0.127. The van der Waals surface area contributed by atoms with E-state index in [0.29, 0.717) is 19.7 Å². The summed E-state index contributed by atoms with van der Waals surface area (Å²) in [6.45, 7) is 14.9. The fourth-order valence-corrected chi connectivity index (χ4v) is 3.60. The smallest absolute Gasteiger partial charge is 0.410 e. The average Bonchev–Trinajstić information content (AvgIpc) is 2.74. The third kappa shape index (κ3) is 5.25. The lowest BCUT2D eigenvalue weighted by Gasteiger charge is -2.42. The van der Waals surface area contributed by atoms with Crippen molar-refractivity contribution < 1.29 is 23.8 Å². The van der Waals surface area contributed by atoms with Gasteiger partial charge in [-0.3, -0.25) is 0 Å². The number of carbonyl (C=O) groups excluding carboxylic acids is 2. The predicted molar refractivity (Wildman–Crippen MR) is 98.0 cm³/mol. The van der Waals surface area contributed by atoms with Gasteiger partial charge in [0, 0.05) is 18.5 Å². The topological polar surface area (TPSA) is 77.1 Å². The summed E-state index contributed by atoms with van der Waals surface area (Å²) in [5.41, 5.74) is -1.22. The molecule has 150 valence electrons. The van der Waals surface area contributed by atoms with E-state index < -0.39 is 17.3 Å². The Hall–Kier alpha value is -1.50. The predicted octanol–water partition coefficient (Wildman–Crippen LogP) is 3.32. The van der Waals surface area contributed by atoms with E-state index in [1.54, 1.807) is 4.90 Å². The number of hydrogen-bond acceptors (Lipinski definition) is 5. The van der Waals surface area contributed by atoms with Crippen LogP contribution in [-0.4, -0.2) is 60.1 Å². The minimum absolute atomic E-state index is 0.0874. The van der Waals surface area contributed by atoms with Crippen molar-refractivity contribution in [3.8, 4) is 0 Å². The number of rotatable bonds is 1. The van der Waals surface area contributed by atoms with Crippen LogP contribution < -0.4 is 5.32 Å². The van der Waals surface area contributed by atoms with Crippen molar-refractivity contribution in [1.29, 1.82) is 0 Å². The van der Waals surface area contributed by atoms with Crippen molar-refractivity contribution in [3.05, 3.63) is 0 Å². The lowest BCUT2D eigenvalue weighted by Crippen LogP contribution is -2.55. The van der Waals surface area contributed by atoms with Gasteiger partial charge in [0.05, 0.1) is 18.8 Å². The highest BCUT2D eigenvalue weighted by atomic mass is 16.6. The van der Waals surface area contributed by atoms with Gasteiger partial charge in [0.2, 0.25) is 0 Å². The summed E-state index contributed by atoms with van der Waals surface area (Å²) in [7, 11) is 0. The fraction of sp³-hybridized carbons (Fsp3) is 0.895. The van der Waals surface area contributed by atoms with E-state index in [9.17, 15) is 9.59 Å². The second-order valence-electron chi connectivity index (χ2n) is 9.47. The number of nitrogens with zero attached hydrogens (tertiary/aromatic N) is 1.